The second-order valence-electron chi connectivity index (χ2n) is 6.54. The van der Waals surface area contributed by atoms with Crippen molar-refractivity contribution in [3.8, 4) is 17.3 Å². The molecule has 4 rings (SSSR count). The summed E-state index contributed by atoms with van der Waals surface area (Å²) in [7, 11) is 0. The van der Waals surface area contributed by atoms with Crippen LogP contribution in [0.15, 0.2) is 77.8 Å². The summed E-state index contributed by atoms with van der Waals surface area (Å²) in [5, 5.41) is 19.2. The van der Waals surface area contributed by atoms with Crippen LogP contribution in [0.25, 0.3) is 22.0 Å². The van der Waals surface area contributed by atoms with Gasteiger partial charge in [0.05, 0.1) is 11.6 Å². The molecule has 0 spiro atoms. The highest BCUT2D eigenvalue weighted by Gasteiger charge is 2.22. The van der Waals surface area contributed by atoms with Crippen LogP contribution in [0.1, 0.15) is 16.4 Å². The zero-order valence-electron chi connectivity index (χ0n) is 15.6. The lowest BCUT2D eigenvalue weighted by Crippen LogP contribution is -2.19. The molecular weight excluding hydrogens is 399 g/mol. The fourth-order valence-corrected chi connectivity index (χ4v) is 4.15. The Morgan fingerprint density at radius 1 is 0.967 bits per heavy atom. The molecule has 0 aliphatic rings. The average Bonchev–Trinajstić information content (AvgIpc) is 2.78. The number of nitriles is 1. The fraction of sp³-hybridized carbons (Fsp3) is 0.0435. The molecule has 0 saturated carbocycles. The number of benzene rings is 3. The number of rotatable bonds is 5. The number of fused-ring (bicyclic) bond motifs is 1. The summed E-state index contributed by atoms with van der Waals surface area (Å²) in [6.45, 7) is 0. The fourth-order valence-electron chi connectivity index (χ4n) is 3.12. The Hall–Kier alpha value is -3.76. The van der Waals surface area contributed by atoms with Gasteiger partial charge in [-0.1, -0.05) is 48.2 Å². The maximum absolute atomic E-state index is 13.3. The van der Waals surface area contributed by atoms with Crippen molar-refractivity contribution in [1.29, 1.82) is 5.26 Å². The van der Waals surface area contributed by atoms with Crippen molar-refractivity contribution in [3.63, 3.8) is 0 Å². The van der Waals surface area contributed by atoms with Gasteiger partial charge in [0.1, 0.15) is 21.8 Å². The molecule has 0 radical (unpaired) electrons. The zero-order chi connectivity index (χ0) is 21.1. The molecule has 5 nitrogen and oxygen atoms in total. The molecule has 0 saturated heterocycles. The number of carbonyl (C=O) groups excluding carboxylic acids is 1. The van der Waals surface area contributed by atoms with E-state index in [9.17, 15) is 9.18 Å². The number of hydrogen-bond donors (Lipinski definition) is 1. The molecule has 1 amide bonds. The third-order valence-electron chi connectivity index (χ3n) is 4.60. The molecule has 1 heterocycles. The second kappa shape index (κ2) is 8.31. The maximum Gasteiger partial charge on any atom is 0.235 e. The lowest BCUT2D eigenvalue weighted by atomic mass is 10.1. The van der Waals surface area contributed by atoms with Crippen molar-refractivity contribution in [3.05, 3.63) is 89.7 Å². The minimum atomic E-state index is -0.688. The smallest absolute Gasteiger partial charge is 0.235 e. The summed E-state index contributed by atoms with van der Waals surface area (Å²) in [4.78, 5) is 12.2. The first-order valence-corrected chi connectivity index (χ1v) is 9.92. The normalized spacial score (nSPS) is 11.7. The van der Waals surface area contributed by atoms with Crippen LogP contribution < -0.4 is 5.73 Å². The minimum absolute atomic E-state index is 0.324. The predicted octanol–water partition coefficient (Wildman–Crippen LogP) is 4.63. The van der Waals surface area contributed by atoms with Crippen LogP contribution in [-0.2, 0) is 4.79 Å². The molecule has 0 bridgehead atoms. The van der Waals surface area contributed by atoms with Gasteiger partial charge in [-0.25, -0.2) is 4.39 Å². The SMILES string of the molecule is N#Cc1ccc(C(Sc2nnc(-c3ccc(F)cc3)c3ccccc23)C(N)=O)cc1. The van der Waals surface area contributed by atoms with Crippen LogP contribution >= 0.6 is 11.8 Å². The van der Waals surface area contributed by atoms with Crippen molar-refractivity contribution in [1.82, 2.24) is 10.2 Å². The van der Waals surface area contributed by atoms with Crippen molar-refractivity contribution < 1.29 is 9.18 Å². The molecule has 7 heteroatoms. The summed E-state index contributed by atoms with van der Waals surface area (Å²) in [5.74, 6) is -0.840. The van der Waals surface area contributed by atoms with E-state index in [2.05, 4.69) is 16.3 Å². The van der Waals surface area contributed by atoms with Gasteiger partial charge in [0.15, 0.2) is 0 Å². The van der Waals surface area contributed by atoms with E-state index in [1.54, 1.807) is 36.4 Å². The van der Waals surface area contributed by atoms with E-state index in [4.69, 9.17) is 11.0 Å². The average molecular weight is 414 g/mol. The number of hydrogen-bond acceptors (Lipinski definition) is 5. The van der Waals surface area contributed by atoms with E-state index in [0.29, 0.717) is 21.8 Å². The van der Waals surface area contributed by atoms with Gasteiger partial charge in [0, 0.05) is 16.3 Å². The zero-order valence-corrected chi connectivity index (χ0v) is 16.4. The molecule has 1 unspecified atom stereocenters. The largest absolute Gasteiger partial charge is 0.368 e. The van der Waals surface area contributed by atoms with Crippen molar-refractivity contribution in [2.45, 2.75) is 10.3 Å². The quantitative estimate of drug-likeness (QED) is 0.481. The van der Waals surface area contributed by atoms with Crippen molar-refractivity contribution in [2.24, 2.45) is 5.73 Å². The van der Waals surface area contributed by atoms with Gasteiger partial charge in [0.2, 0.25) is 5.91 Å². The summed E-state index contributed by atoms with van der Waals surface area (Å²) >= 11 is 1.21. The first-order chi connectivity index (χ1) is 14.6. The first-order valence-electron chi connectivity index (χ1n) is 9.04. The summed E-state index contributed by atoms with van der Waals surface area (Å²) in [6, 6.07) is 22.4. The number of thioether (sulfide) groups is 1. The van der Waals surface area contributed by atoms with Gasteiger partial charge in [-0.15, -0.1) is 10.2 Å². The number of aromatic nitrogens is 2. The van der Waals surface area contributed by atoms with Crippen molar-refractivity contribution >= 4 is 28.4 Å². The highest BCUT2D eigenvalue weighted by Crippen LogP contribution is 2.39. The van der Waals surface area contributed by atoms with Gasteiger partial charge in [-0.05, 0) is 42.0 Å². The number of carbonyl (C=O) groups is 1. The van der Waals surface area contributed by atoms with E-state index in [-0.39, 0.29) is 5.82 Å². The van der Waals surface area contributed by atoms with Crippen LogP contribution in [0.2, 0.25) is 0 Å². The molecule has 0 fully saturated rings. The lowest BCUT2D eigenvalue weighted by Gasteiger charge is -2.15. The number of primary amides is 1. The van der Waals surface area contributed by atoms with Crippen molar-refractivity contribution in [2.75, 3.05) is 0 Å². The predicted molar refractivity (Wildman–Crippen MR) is 114 cm³/mol. The van der Waals surface area contributed by atoms with Gasteiger partial charge in [-0.3, -0.25) is 4.79 Å². The number of nitrogens with zero attached hydrogens (tertiary/aromatic N) is 3. The maximum atomic E-state index is 13.3. The Balaban J connectivity index is 1.77. The van der Waals surface area contributed by atoms with E-state index in [1.165, 1.54) is 23.9 Å². The Labute approximate surface area is 176 Å². The monoisotopic (exact) mass is 414 g/mol. The molecule has 2 N–H and O–H groups in total. The third-order valence-corrected chi connectivity index (χ3v) is 5.87. The van der Waals surface area contributed by atoms with Gasteiger partial charge < -0.3 is 5.73 Å². The summed E-state index contributed by atoms with van der Waals surface area (Å²) in [5.41, 5.74) is 8.21. The number of amides is 1. The summed E-state index contributed by atoms with van der Waals surface area (Å²) in [6.07, 6.45) is 0. The van der Waals surface area contributed by atoms with E-state index < -0.39 is 11.2 Å². The Bertz CT molecular complexity index is 1270. The Kier molecular flexibility index (Phi) is 5.42. The van der Waals surface area contributed by atoms with Crippen LogP contribution in [-0.4, -0.2) is 16.1 Å². The standard InChI is InChI=1S/C23H15FN4OS/c24-17-11-9-15(10-12-17)20-18-3-1-2-4-19(18)23(28-27-20)30-21(22(26)29)16-7-5-14(13-25)6-8-16/h1-12,21H,(H2,26,29). The topological polar surface area (TPSA) is 92.7 Å². The van der Waals surface area contributed by atoms with Crippen LogP contribution in [0.4, 0.5) is 4.39 Å². The molecule has 146 valence electrons. The molecule has 30 heavy (non-hydrogen) atoms. The number of nitrogens with two attached hydrogens (primary N) is 1. The minimum Gasteiger partial charge on any atom is -0.368 e. The van der Waals surface area contributed by atoms with Gasteiger partial charge >= 0.3 is 0 Å². The molecule has 1 aromatic heterocycles. The van der Waals surface area contributed by atoms with Gasteiger partial charge in [-0.2, -0.15) is 5.26 Å². The first kappa shape index (κ1) is 19.6. The molecule has 0 aliphatic carbocycles. The molecule has 0 aliphatic heterocycles. The van der Waals surface area contributed by atoms with Gasteiger partial charge in [0.25, 0.3) is 0 Å². The lowest BCUT2D eigenvalue weighted by molar-refractivity contribution is -0.117. The van der Waals surface area contributed by atoms with Crippen LogP contribution in [0, 0.1) is 17.1 Å². The Morgan fingerprint density at radius 3 is 2.27 bits per heavy atom. The second-order valence-corrected chi connectivity index (χ2v) is 7.63. The van der Waals surface area contributed by atoms with Crippen LogP contribution in [0.3, 0.4) is 0 Å². The molecule has 1 atom stereocenters. The van der Waals surface area contributed by atoms with E-state index >= 15 is 0 Å². The van der Waals surface area contributed by atoms with Crippen LogP contribution in [0.5, 0.6) is 0 Å². The third kappa shape index (κ3) is 3.86. The van der Waals surface area contributed by atoms with E-state index in [0.717, 1.165) is 16.3 Å². The number of halogens is 1. The molecule has 3 aromatic carbocycles. The molecular formula is C23H15FN4OS. The highest BCUT2D eigenvalue weighted by atomic mass is 32.2. The Morgan fingerprint density at radius 2 is 1.63 bits per heavy atom. The summed E-state index contributed by atoms with van der Waals surface area (Å²) < 4.78 is 13.3. The van der Waals surface area contributed by atoms with E-state index in [1.807, 2.05) is 24.3 Å². The highest BCUT2D eigenvalue weighted by molar-refractivity contribution is 8.00. The molecule has 4 aromatic rings.